The molecule has 0 spiro atoms. The van der Waals surface area contributed by atoms with Crippen LogP contribution in [0.2, 0.25) is 0 Å². The largest absolute Gasteiger partial charge is 0.312 e. The molecule has 0 saturated carbocycles. The molecule has 0 aromatic heterocycles. The lowest BCUT2D eigenvalue weighted by Crippen LogP contribution is -2.22. The van der Waals surface area contributed by atoms with Crippen molar-refractivity contribution in [2.45, 2.75) is 12.8 Å². The van der Waals surface area contributed by atoms with Gasteiger partial charge in [0.25, 0.3) is 0 Å². The second kappa shape index (κ2) is 2.63. The number of rotatable bonds is 2. The van der Waals surface area contributed by atoms with Gasteiger partial charge in [-0.1, -0.05) is 0 Å². The van der Waals surface area contributed by atoms with Gasteiger partial charge in [0, 0.05) is 13.1 Å². The SMILES string of the molecule is O=[N+]([O-])ON1CCCC1. The van der Waals surface area contributed by atoms with E-state index in [-0.39, 0.29) is 0 Å². The third-order valence-corrected chi connectivity index (χ3v) is 1.25. The molecule has 0 bridgehead atoms. The molecule has 5 nitrogen and oxygen atoms in total. The van der Waals surface area contributed by atoms with Gasteiger partial charge in [-0.25, -0.2) is 4.94 Å². The van der Waals surface area contributed by atoms with Gasteiger partial charge in [0.1, 0.15) is 0 Å². The van der Waals surface area contributed by atoms with E-state index in [2.05, 4.69) is 4.94 Å². The van der Waals surface area contributed by atoms with Crippen molar-refractivity contribution in [1.29, 1.82) is 0 Å². The molecule has 1 saturated heterocycles. The van der Waals surface area contributed by atoms with Crippen molar-refractivity contribution in [1.82, 2.24) is 5.06 Å². The fraction of sp³-hybridized carbons (Fsp3) is 1.00. The Kier molecular flexibility index (Phi) is 1.84. The minimum atomic E-state index is -0.772. The first-order valence-corrected chi connectivity index (χ1v) is 2.86. The highest BCUT2D eigenvalue weighted by molar-refractivity contribution is 4.55. The highest BCUT2D eigenvalue weighted by Crippen LogP contribution is 2.06. The van der Waals surface area contributed by atoms with Crippen molar-refractivity contribution in [3.05, 3.63) is 10.1 Å². The van der Waals surface area contributed by atoms with Gasteiger partial charge < -0.3 is 0 Å². The predicted octanol–water partition coefficient (Wildman–Crippen LogP) is 0.205. The molecule has 0 aromatic rings. The normalized spacial score (nSPS) is 20.0. The van der Waals surface area contributed by atoms with E-state index in [4.69, 9.17) is 0 Å². The van der Waals surface area contributed by atoms with Gasteiger partial charge in [0.2, 0.25) is 0 Å². The highest BCUT2D eigenvalue weighted by atomic mass is 17.0. The molecule has 1 heterocycles. The number of hydrogen-bond donors (Lipinski definition) is 0. The van der Waals surface area contributed by atoms with Crippen LogP contribution in [0.1, 0.15) is 12.8 Å². The number of hydroxylamine groups is 2. The van der Waals surface area contributed by atoms with Crippen LogP contribution < -0.4 is 0 Å². The van der Waals surface area contributed by atoms with E-state index in [1.54, 1.807) is 0 Å². The van der Waals surface area contributed by atoms with Crippen molar-refractivity contribution in [3.63, 3.8) is 0 Å². The van der Waals surface area contributed by atoms with Crippen LogP contribution in [0.15, 0.2) is 0 Å². The first-order valence-electron chi connectivity index (χ1n) is 2.86. The van der Waals surface area contributed by atoms with Crippen molar-refractivity contribution in [3.8, 4) is 0 Å². The highest BCUT2D eigenvalue weighted by Gasteiger charge is 2.14. The molecule has 1 aliphatic heterocycles. The van der Waals surface area contributed by atoms with Gasteiger partial charge in [-0.3, -0.25) is 0 Å². The second-order valence-corrected chi connectivity index (χ2v) is 1.94. The Hall–Kier alpha value is -0.840. The van der Waals surface area contributed by atoms with Crippen LogP contribution in [0, 0.1) is 10.1 Å². The maximum atomic E-state index is 9.70. The minimum absolute atomic E-state index is 0.682. The van der Waals surface area contributed by atoms with Crippen molar-refractivity contribution in [2.75, 3.05) is 13.1 Å². The summed E-state index contributed by atoms with van der Waals surface area (Å²) in [6.07, 6.45) is 1.99. The zero-order valence-electron chi connectivity index (χ0n) is 4.95. The minimum Gasteiger partial charge on any atom is -0.217 e. The fourth-order valence-corrected chi connectivity index (χ4v) is 0.864. The molecule has 1 aliphatic rings. The first-order chi connectivity index (χ1) is 4.29. The molecule has 0 aromatic carbocycles. The molecule has 5 heteroatoms. The lowest BCUT2D eigenvalue weighted by molar-refractivity contribution is -0.809. The molecule has 9 heavy (non-hydrogen) atoms. The molecule has 52 valence electrons. The summed E-state index contributed by atoms with van der Waals surface area (Å²) in [5.41, 5.74) is 0. The van der Waals surface area contributed by atoms with Gasteiger partial charge in [-0.15, -0.1) is 15.2 Å². The van der Waals surface area contributed by atoms with Gasteiger partial charge in [-0.05, 0) is 12.8 Å². The molecular formula is C4H8N2O3. The monoisotopic (exact) mass is 132 g/mol. The lowest BCUT2D eigenvalue weighted by atomic mass is 10.4. The third kappa shape index (κ3) is 1.85. The number of hydrogen-bond acceptors (Lipinski definition) is 4. The quantitative estimate of drug-likeness (QED) is 0.398. The smallest absolute Gasteiger partial charge is 0.217 e. The van der Waals surface area contributed by atoms with Gasteiger partial charge in [-0.2, -0.15) is 0 Å². The third-order valence-electron chi connectivity index (χ3n) is 1.25. The second-order valence-electron chi connectivity index (χ2n) is 1.94. The molecule has 0 aliphatic carbocycles. The van der Waals surface area contributed by atoms with E-state index in [9.17, 15) is 10.1 Å². The fourth-order valence-electron chi connectivity index (χ4n) is 0.864. The summed E-state index contributed by atoms with van der Waals surface area (Å²) in [4.78, 5) is 13.9. The summed E-state index contributed by atoms with van der Waals surface area (Å²) in [5.74, 6) is 0. The summed E-state index contributed by atoms with van der Waals surface area (Å²) in [5, 5.41) is 10.3. The molecule has 0 unspecified atom stereocenters. The average Bonchev–Trinajstić information content (AvgIpc) is 2.15. The van der Waals surface area contributed by atoms with E-state index in [0.29, 0.717) is 13.1 Å². The van der Waals surface area contributed by atoms with Crippen LogP contribution in [0.4, 0.5) is 0 Å². The first kappa shape index (κ1) is 6.28. The summed E-state index contributed by atoms with van der Waals surface area (Å²) in [6.45, 7) is 1.36. The van der Waals surface area contributed by atoms with E-state index < -0.39 is 5.09 Å². The van der Waals surface area contributed by atoms with Crippen molar-refractivity contribution in [2.24, 2.45) is 0 Å². The van der Waals surface area contributed by atoms with E-state index >= 15 is 0 Å². The summed E-state index contributed by atoms with van der Waals surface area (Å²) in [6, 6.07) is 0. The number of nitrogens with zero attached hydrogens (tertiary/aromatic N) is 2. The predicted molar refractivity (Wildman–Crippen MR) is 28.9 cm³/mol. The van der Waals surface area contributed by atoms with Crippen LogP contribution in [0.25, 0.3) is 0 Å². The van der Waals surface area contributed by atoms with E-state index in [0.717, 1.165) is 12.8 Å². The van der Waals surface area contributed by atoms with Crippen LogP contribution in [-0.2, 0) is 4.94 Å². The molecule has 1 rings (SSSR count). The molecule has 1 fully saturated rings. The summed E-state index contributed by atoms with van der Waals surface area (Å²) < 4.78 is 0. The lowest BCUT2D eigenvalue weighted by Gasteiger charge is -2.08. The van der Waals surface area contributed by atoms with Crippen LogP contribution in [0.5, 0.6) is 0 Å². The Balaban J connectivity index is 2.19. The Morgan fingerprint density at radius 2 is 2.00 bits per heavy atom. The summed E-state index contributed by atoms with van der Waals surface area (Å²) >= 11 is 0. The average molecular weight is 132 g/mol. The maximum absolute atomic E-state index is 9.70. The molecule has 0 radical (unpaired) electrons. The van der Waals surface area contributed by atoms with E-state index in [1.165, 1.54) is 5.06 Å². The zero-order chi connectivity index (χ0) is 6.69. The van der Waals surface area contributed by atoms with Crippen molar-refractivity contribution < 1.29 is 10.0 Å². The Morgan fingerprint density at radius 3 is 2.44 bits per heavy atom. The maximum Gasteiger partial charge on any atom is 0.312 e. The van der Waals surface area contributed by atoms with E-state index in [1.807, 2.05) is 0 Å². The van der Waals surface area contributed by atoms with Crippen LogP contribution in [-0.4, -0.2) is 23.2 Å². The van der Waals surface area contributed by atoms with Gasteiger partial charge in [0.05, 0.1) is 0 Å². The van der Waals surface area contributed by atoms with Gasteiger partial charge in [0.15, 0.2) is 0 Å². The van der Waals surface area contributed by atoms with Crippen molar-refractivity contribution >= 4 is 0 Å². The standard InChI is InChI=1S/C4H8N2O3/c7-6(8)9-5-3-1-2-4-5/h1-4H2. The Labute approximate surface area is 52.3 Å². The molecule has 0 atom stereocenters. The Bertz CT molecular complexity index is 110. The Morgan fingerprint density at radius 1 is 1.44 bits per heavy atom. The summed E-state index contributed by atoms with van der Waals surface area (Å²) in [7, 11) is 0. The zero-order valence-corrected chi connectivity index (χ0v) is 4.95. The molecule has 0 N–H and O–H groups in total. The van der Waals surface area contributed by atoms with Crippen LogP contribution >= 0.6 is 0 Å². The topological polar surface area (TPSA) is 55.6 Å². The molecule has 0 amide bonds. The van der Waals surface area contributed by atoms with Crippen LogP contribution in [0.3, 0.4) is 0 Å². The van der Waals surface area contributed by atoms with Gasteiger partial charge >= 0.3 is 5.09 Å². The molecular weight excluding hydrogens is 124 g/mol.